The molecule has 1 aromatic rings. The van der Waals surface area contributed by atoms with Gasteiger partial charge in [-0.15, -0.1) is 0 Å². The van der Waals surface area contributed by atoms with Gasteiger partial charge in [0, 0.05) is 18.2 Å². The number of rotatable bonds is 2. The molecular weight excluding hydrogens is 164 g/mol. The number of nitrogens with two attached hydrogens (primary N) is 1. The van der Waals surface area contributed by atoms with Crippen LogP contribution in [0.3, 0.4) is 0 Å². The fourth-order valence-corrected chi connectivity index (χ4v) is 1.83. The molecule has 70 valence electrons. The maximum atomic E-state index is 5.28. The Labute approximate surface area is 77.5 Å². The molecule has 13 heavy (non-hydrogen) atoms. The van der Waals surface area contributed by atoms with Crippen LogP contribution in [0.2, 0.25) is 0 Å². The summed E-state index contributed by atoms with van der Waals surface area (Å²) < 4.78 is 0. The van der Waals surface area contributed by atoms with Gasteiger partial charge >= 0.3 is 0 Å². The maximum absolute atomic E-state index is 5.28. The van der Waals surface area contributed by atoms with Gasteiger partial charge in [-0.2, -0.15) is 0 Å². The van der Waals surface area contributed by atoms with Crippen LogP contribution < -0.4 is 11.3 Å². The van der Waals surface area contributed by atoms with Crippen molar-refractivity contribution in [2.24, 2.45) is 5.84 Å². The van der Waals surface area contributed by atoms with E-state index in [1.807, 2.05) is 0 Å². The van der Waals surface area contributed by atoms with Gasteiger partial charge in [0.1, 0.15) is 11.6 Å². The van der Waals surface area contributed by atoms with Gasteiger partial charge in [-0.3, -0.25) is 0 Å². The zero-order valence-corrected chi connectivity index (χ0v) is 7.53. The zero-order chi connectivity index (χ0) is 9.10. The first-order valence-electron chi connectivity index (χ1n) is 4.69. The summed E-state index contributed by atoms with van der Waals surface area (Å²) in [7, 11) is 0. The number of hydrogen-bond acceptors (Lipinski definition) is 4. The second kappa shape index (κ2) is 3.70. The lowest BCUT2D eigenvalue weighted by Gasteiger charge is -2.07. The standard InChI is InChI=1S/C9H14N4/c10-13-8-5-6-11-9(12-8)7-3-1-2-4-7/h5-7H,1-4,10H2,(H,11,12,13). The highest BCUT2D eigenvalue weighted by Crippen LogP contribution is 2.31. The van der Waals surface area contributed by atoms with Crippen LogP contribution in [0.15, 0.2) is 12.3 Å². The van der Waals surface area contributed by atoms with E-state index in [4.69, 9.17) is 5.84 Å². The van der Waals surface area contributed by atoms with Gasteiger partial charge in [-0.05, 0) is 12.8 Å². The highest BCUT2D eigenvalue weighted by atomic mass is 15.3. The van der Waals surface area contributed by atoms with Crippen LogP contribution in [-0.2, 0) is 0 Å². The minimum atomic E-state index is 0.549. The second-order valence-electron chi connectivity index (χ2n) is 3.43. The number of hydrogen-bond donors (Lipinski definition) is 2. The van der Waals surface area contributed by atoms with E-state index in [1.54, 1.807) is 12.3 Å². The van der Waals surface area contributed by atoms with Gasteiger partial charge in [-0.25, -0.2) is 15.8 Å². The molecule has 0 aliphatic heterocycles. The summed E-state index contributed by atoms with van der Waals surface area (Å²) in [5.41, 5.74) is 2.54. The van der Waals surface area contributed by atoms with Crippen molar-refractivity contribution < 1.29 is 0 Å². The van der Waals surface area contributed by atoms with E-state index in [2.05, 4.69) is 15.4 Å². The average molecular weight is 178 g/mol. The SMILES string of the molecule is NNc1ccnc(C2CCCC2)n1. The quantitative estimate of drug-likeness (QED) is 0.531. The molecule has 1 fully saturated rings. The number of aromatic nitrogens is 2. The van der Waals surface area contributed by atoms with Crippen molar-refractivity contribution >= 4 is 5.82 Å². The largest absolute Gasteiger partial charge is 0.308 e. The lowest BCUT2D eigenvalue weighted by atomic mass is 10.1. The van der Waals surface area contributed by atoms with Crippen molar-refractivity contribution in [3.8, 4) is 0 Å². The van der Waals surface area contributed by atoms with Crippen LogP contribution in [0.1, 0.15) is 37.4 Å². The molecule has 1 aliphatic carbocycles. The third-order valence-corrected chi connectivity index (χ3v) is 2.54. The minimum absolute atomic E-state index is 0.549. The third-order valence-electron chi connectivity index (χ3n) is 2.54. The smallest absolute Gasteiger partial charge is 0.143 e. The molecule has 4 heteroatoms. The minimum Gasteiger partial charge on any atom is -0.308 e. The summed E-state index contributed by atoms with van der Waals surface area (Å²) in [5.74, 6) is 7.47. The van der Waals surface area contributed by atoms with Crippen molar-refractivity contribution in [1.82, 2.24) is 9.97 Å². The third kappa shape index (κ3) is 1.78. The van der Waals surface area contributed by atoms with E-state index in [0.29, 0.717) is 11.7 Å². The highest BCUT2D eigenvalue weighted by molar-refractivity contribution is 5.31. The Morgan fingerprint density at radius 2 is 2.15 bits per heavy atom. The molecular formula is C9H14N4. The fourth-order valence-electron chi connectivity index (χ4n) is 1.83. The van der Waals surface area contributed by atoms with E-state index >= 15 is 0 Å². The molecule has 3 N–H and O–H groups in total. The van der Waals surface area contributed by atoms with Gasteiger partial charge in [0.25, 0.3) is 0 Å². The van der Waals surface area contributed by atoms with Crippen LogP contribution in [0.4, 0.5) is 5.82 Å². The van der Waals surface area contributed by atoms with Crippen LogP contribution >= 0.6 is 0 Å². The number of nitrogens with one attached hydrogen (secondary N) is 1. The van der Waals surface area contributed by atoms with Gasteiger partial charge in [0.05, 0.1) is 0 Å². The first-order chi connectivity index (χ1) is 6.40. The summed E-state index contributed by atoms with van der Waals surface area (Å²) in [5, 5.41) is 0. The monoisotopic (exact) mass is 178 g/mol. The van der Waals surface area contributed by atoms with Crippen LogP contribution in [0.25, 0.3) is 0 Å². The highest BCUT2D eigenvalue weighted by Gasteiger charge is 2.19. The molecule has 0 aromatic carbocycles. The topological polar surface area (TPSA) is 63.8 Å². The van der Waals surface area contributed by atoms with Crippen molar-refractivity contribution in [3.05, 3.63) is 18.1 Å². The lowest BCUT2D eigenvalue weighted by molar-refractivity contribution is 0.668. The molecule has 0 radical (unpaired) electrons. The summed E-state index contributed by atoms with van der Waals surface area (Å²) >= 11 is 0. The molecule has 0 spiro atoms. The summed E-state index contributed by atoms with van der Waals surface area (Å²) in [6, 6.07) is 1.78. The summed E-state index contributed by atoms with van der Waals surface area (Å²) in [4.78, 5) is 8.59. The Hall–Kier alpha value is -1.16. The number of nitrogens with zero attached hydrogens (tertiary/aromatic N) is 2. The van der Waals surface area contributed by atoms with E-state index in [1.165, 1.54) is 25.7 Å². The molecule has 4 nitrogen and oxygen atoms in total. The number of nitrogen functional groups attached to an aromatic ring is 1. The van der Waals surface area contributed by atoms with Crippen LogP contribution in [0.5, 0.6) is 0 Å². The van der Waals surface area contributed by atoms with Crippen LogP contribution in [-0.4, -0.2) is 9.97 Å². The molecule has 1 aliphatic rings. The molecule has 2 rings (SSSR count). The molecule has 0 unspecified atom stereocenters. The maximum Gasteiger partial charge on any atom is 0.143 e. The van der Waals surface area contributed by atoms with Gasteiger partial charge in [-0.1, -0.05) is 12.8 Å². The second-order valence-corrected chi connectivity index (χ2v) is 3.43. The fraction of sp³-hybridized carbons (Fsp3) is 0.556. The van der Waals surface area contributed by atoms with Crippen molar-refractivity contribution in [2.75, 3.05) is 5.43 Å². The van der Waals surface area contributed by atoms with Crippen molar-refractivity contribution in [1.29, 1.82) is 0 Å². The van der Waals surface area contributed by atoms with Gasteiger partial charge < -0.3 is 5.43 Å². The van der Waals surface area contributed by atoms with E-state index in [0.717, 1.165) is 5.82 Å². The van der Waals surface area contributed by atoms with Gasteiger partial charge in [0.2, 0.25) is 0 Å². The lowest BCUT2D eigenvalue weighted by Crippen LogP contribution is -2.10. The molecule has 0 amide bonds. The van der Waals surface area contributed by atoms with Gasteiger partial charge in [0.15, 0.2) is 0 Å². The Balaban J connectivity index is 2.18. The molecule has 0 saturated heterocycles. The average Bonchev–Trinajstić information content (AvgIpc) is 2.71. The predicted molar refractivity (Wildman–Crippen MR) is 51.1 cm³/mol. The van der Waals surface area contributed by atoms with E-state index in [-0.39, 0.29) is 0 Å². The van der Waals surface area contributed by atoms with E-state index < -0.39 is 0 Å². The van der Waals surface area contributed by atoms with E-state index in [9.17, 15) is 0 Å². The zero-order valence-electron chi connectivity index (χ0n) is 7.53. The first-order valence-corrected chi connectivity index (χ1v) is 4.69. The van der Waals surface area contributed by atoms with Crippen molar-refractivity contribution in [3.63, 3.8) is 0 Å². The number of anilines is 1. The molecule has 1 heterocycles. The Kier molecular flexibility index (Phi) is 2.40. The molecule has 1 saturated carbocycles. The van der Waals surface area contributed by atoms with Crippen LogP contribution in [0, 0.1) is 0 Å². The number of hydrazine groups is 1. The Morgan fingerprint density at radius 3 is 2.85 bits per heavy atom. The normalized spacial score (nSPS) is 17.6. The summed E-state index contributed by atoms with van der Waals surface area (Å²) in [6.45, 7) is 0. The predicted octanol–water partition coefficient (Wildman–Crippen LogP) is 1.42. The first kappa shape index (κ1) is 8.44. The summed E-state index contributed by atoms with van der Waals surface area (Å²) in [6.07, 6.45) is 6.79. The molecule has 0 atom stereocenters. The Morgan fingerprint density at radius 1 is 1.38 bits per heavy atom. The Bertz CT molecular complexity index is 281. The molecule has 0 bridgehead atoms. The molecule has 1 aromatic heterocycles. The van der Waals surface area contributed by atoms with Crippen molar-refractivity contribution in [2.45, 2.75) is 31.6 Å².